The molecule has 0 saturated heterocycles. The number of phenols is 1. The van der Waals surface area contributed by atoms with E-state index in [-0.39, 0.29) is 23.8 Å². The lowest BCUT2D eigenvalue weighted by Crippen LogP contribution is -2.24. The Morgan fingerprint density at radius 1 is 0.703 bits per heavy atom. The number of hydrogen-bond donors (Lipinski definition) is 2. The van der Waals surface area contributed by atoms with Crippen molar-refractivity contribution in [1.29, 1.82) is 0 Å². The predicted octanol–water partition coefficient (Wildman–Crippen LogP) is 7.07. The van der Waals surface area contributed by atoms with Crippen LogP contribution in [0.5, 0.6) is 5.75 Å². The Hall–Kier alpha value is -3.69. The fraction of sp³-hybridized carbons (Fsp3) is 0.265. The molecule has 0 radical (unpaired) electrons. The van der Waals surface area contributed by atoms with E-state index < -0.39 is 5.41 Å². The Bertz CT molecular complexity index is 1330. The SMILES string of the molecule is CC(C)(c1ccccc1)c1cc(C=N[C@H](CO)Cc2ccccc2)c(O)c(C(C)(C)c2ccccc2)c1. The molecule has 0 unspecified atom stereocenters. The number of aliphatic hydroxyl groups excluding tert-OH is 1. The van der Waals surface area contributed by atoms with E-state index in [4.69, 9.17) is 4.99 Å². The van der Waals surface area contributed by atoms with Gasteiger partial charge in [-0.2, -0.15) is 0 Å². The van der Waals surface area contributed by atoms with Crippen LogP contribution in [0, 0.1) is 0 Å². The summed E-state index contributed by atoms with van der Waals surface area (Å²) in [5.74, 6) is 0.224. The zero-order valence-corrected chi connectivity index (χ0v) is 22.2. The van der Waals surface area contributed by atoms with Crippen molar-refractivity contribution in [1.82, 2.24) is 0 Å². The standard InChI is InChI=1S/C34H37NO2/c1-33(2,27-16-10-6-11-17-27)29-21-26(23-35-30(24-36)20-25-14-8-5-9-15-25)32(37)31(22-29)34(3,4)28-18-12-7-13-19-28/h5-19,21-23,30,36-37H,20,24H2,1-4H3/t30-/m0/s1. The fourth-order valence-corrected chi connectivity index (χ4v) is 4.86. The summed E-state index contributed by atoms with van der Waals surface area (Å²) in [6.45, 7) is 8.64. The molecule has 2 N–H and O–H groups in total. The van der Waals surface area contributed by atoms with Crippen molar-refractivity contribution in [3.8, 4) is 5.75 Å². The highest BCUT2D eigenvalue weighted by molar-refractivity contribution is 5.85. The van der Waals surface area contributed by atoms with Gasteiger partial charge >= 0.3 is 0 Å². The van der Waals surface area contributed by atoms with Gasteiger partial charge in [0.2, 0.25) is 0 Å². The van der Waals surface area contributed by atoms with Crippen molar-refractivity contribution in [2.75, 3.05) is 6.61 Å². The Morgan fingerprint density at radius 3 is 1.76 bits per heavy atom. The van der Waals surface area contributed by atoms with E-state index in [0.29, 0.717) is 12.0 Å². The van der Waals surface area contributed by atoms with E-state index in [1.807, 2.05) is 60.7 Å². The molecule has 0 bridgehead atoms. The van der Waals surface area contributed by atoms with Gasteiger partial charge in [0.05, 0.1) is 12.6 Å². The maximum atomic E-state index is 11.6. The van der Waals surface area contributed by atoms with Crippen LogP contribution in [0.4, 0.5) is 0 Å². The maximum absolute atomic E-state index is 11.6. The molecule has 0 aromatic heterocycles. The second kappa shape index (κ2) is 11.1. The predicted molar refractivity (Wildman–Crippen MR) is 154 cm³/mol. The average molecular weight is 492 g/mol. The summed E-state index contributed by atoms with van der Waals surface area (Å²) in [7, 11) is 0. The van der Waals surface area contributed by atoms with Crippen LogP contribution in [0.15, 0.2) is 108 Å². The van der Waals surface area contributed by atoms with Gasteiger partial charge in [-0.25, -0.2) is 0 Å². The molecule has 0 aliphatic carbocycles. The molecule has 4 aromatic carbocycles. The van der Waals surface area contributed by atoms with Gasteiger partial charge in [0.1, 0.15) is 5.75 Å². The highest BCUT2D eigenvalue weighted by atomic mass is 16.3. The van der Waals surface area contributed by atoms with Crippen molar-refractivity contribution >= 4 is 6.21 Å². The molecule has 0 aliphatic heterocycles. The number of rotatable bonds is 9. The molecule has 190 valence electrons. The van der Waals surface area contributed by atoms with Crippen LogP contribution in [0.1, 0.15) is 61.1 Å². The van der Waals surface area contributed by atoms with Gasteiger partial charge < -0.3 is 10.2 Å². The van der Waals surface area contributed by atoms with Crippen molar-refractivity contribution < 1.29 is 10.2 Å². The number of nitrogens with zero attached hydrogens (tertiary/aromatic N) is 1. The first-order chi connectivity index (χ1) is 17.7. The minimum Gasteiger partial charge on any atom is -0.507 e. The van der Waals surface area contributed by atoms with E-state index in [1.54, 1.807) is 6.21 Å². The van der Waals surface area contributed by atoms with Crippen LogP contribution in [0.25, 0.3) is 0 Å². The second-order valence-corrected chi connectivity index (χ2v) is 10.7. The van der Waals surface area contributed by atoms with Crippen LogP contribution in [0.2, 0.25) is 0 Å². The minimum absolute atomic E-state index is 0.0658. The number of aliphatic hydroxyl groups is 1. The molecule has 4 rings (SSSR count). The molecule has 0 heterocycles. The first-order valence-corrected chi connectivity index (χ1v) is 12.9. The van der Waals surface area contributed by atoms with Gasteiger partial charge in [0.15, 0.2) is 0 Å². The summed E-state index contributed by atoms with van der Waals surface area (Å²) < 4.78 is 0. The maximum Gasteiger partial charge on any atom is 0.128 e. The molecule has 4 aromatic rings. The highest BCUT2D eigenvalue weighted by Crippen LogP contribution is 2.42. The lowest BCUT2D eigenvalue weighted by Gasteiger charge is -2.32. The summed E-state index contributed by atoms with van der Waals surface area (Å²) in [6.07, 6.45) is 2.36. The van der Waals surface area contributed by atoms with Crippen LogP contribution < -0.4 is 0 Å². The third-order valence-electron chi connectivity index (χ3n) is 7.47. The molecule has 0 fully saturated rings. The van der Waals surface area contributed by atoms with Crippen molar-refractivity contribution in [3.05, 3.63) is 137 Å². The molecule has 0 spiro atoms. The van der Waals surface area contributed by atoms with Gasteiger partial charge in [-0.1, -0.05) is 125 Å². The van der Waals surface area contributed by atoms with E-state index in [0.717, 1.165) is 22.3 Å². The van der Waals surface area contributed by atoms with Gasteiger partial charge in [0.25, 0.3) is 0 Å². The molecule has 0 saturated carbocycles. The largest absolute Gasteiger partial charge is 0.507 e. The van der Waals surface area contributed by atoms with E-state index in [1.165, 1.54) is 5.56 Å². The topological polar surface area (TPSA) is 52.8 Å². The van der Waals surface area contributed by atoms with Crippen molar-refractivity contribution in [3.63, 3.8) is 0 Å². The quantitative estimate of drug-likeness (QED) is 0.246. The second-order valence-electron chi connectivity index (χ2n) is 10.7. The van der Waals surface area contributed by atoms with E-state index in [2.05, 4.69) is 70.2 Å². The minimum atomic E-state index is -0.433. The summed E-state index contributed by atoms with van der Waals surface area (Å²) in [5, 5.41) is 21.6. The molecule has 0 aliphatic rings. The van der Waals surface area contributed by atoms with Crippen molar-refractivity contribution in [2.45, 2.75) is 51.0 Å². The summed E-state index contributed by atoms with van der Waals surface area (Å²) >= 11 is 0. The van der Waals surface area contributed by atoms with Gasteiger partial charge in [-0.3, -0.25) is 4.99 Å². The monoisotopic (exact) mass is 491 g/mol. The number of aromatic hydroxyl groups is 1. The smallest absolute Gasteiger partial charge is 0.128 e. The zero-order chi connectivity index (χ0) is 26.5. The van der Waals surface area contributed by atoms with E-state index >= 15 is 0 Å². The van der Waals surface area contributed by atoms with E-state index in [9.17, 15) is 10.2 Å². The number of hydrogen-bond acceptors (Lipinski definition) is 3. The molecule has 1 atom stereocenters. The Kier molecular flexibility index (Phi) is 7.94. The highest BCUT2D eigenvalue weighted by Gasteiger charge is 2.31. The molecule has 3 heteroatoms. The number of benzene rings is 4. The molecule has 3 nitrogen and oxygen atoms in total. The summed E-state index contributed by atoms with van der Waals surface area (Å²) in [6, 6.07) is 34.6. The summed E-state index contributed by atoms with van der Waals surface area (Å²) in [4.78, 5) is 4.73. The van der Waals surface area contributed by atoms with Gasteiger partial charge in [-0.05, 0) is 34.7 Å². The average Bonchev–Trinajstić information content (AvgIpc) is 2.93. The lowest BCUT2D eigenvalue weighted by molar-refractivity contribution is 0.266. The van der Waals surface area contributed by atoms with Crippen LogP contribution in [-0.2, 0) is 17.3 Å². The fourth-order valence-electron chi connectivity index (χ4n) is 4.86. The van der Waals surface area contributed by atoms with Gasteiger partial charge in [0, 0.05) is 28.2 Å². The number of aliphatic imine (C=N–C) groups is 1. The zero-order valence-electron chi connectivity index (χ0n) is 22.2. The summed E-state index contributed by atoms with van der Waals surface area (Å²) in [5.41, 5.74) is 5.33. The van der Waals surface area contributed by atoms with Gasteiger partial charge in [-0.15, -0.1) is 0 Å². The molecular weight excluding hydrogens is 454 g/mol. The Labute approximate surface area is 221 Å². The van der Waals surface area contributed by atoms with Crippen LogP contribution in [0.3, 0.4) is 0 Å². The lowest BCUT2D eigenvalue weighted by atomic mass is 9.72. The Balaban J connectivity index is 1.82. The van der Waals surface area contributed by atoms with Crippen LogP contribution in [-0.4, -0.2) is 29.1 Å². The normalized spacial score (nSPS) is 13.1. The first kappa shape index (κ1) is 26.4. The third kappa shape index (κ3) is 5.84. The first-order valence-electron chi connectivity index (χ1n) is 12.9. The molecule has 37 heavy (non-hydrogen) atoms. The molecular formula is C34H37NO2. The van der Waals surface area contributed by atoms with Crippen LogP contribution >= 0.6 is 0 Å². The molecule has 0 amide bonds. The third-order valence-corrected chi connectivity index (χ3v) is 7.47. The number of phenolic OH excluding ortho intramolecular Hbond substituents is 1. The Morgan fingerprint density at radius 2 is 1.22 bits per heavy atom. The van der Waals surface area contributed by atoms with Crippen molar-refractivity contribution in [2.24, 2.45) is 4.99 Å².